The number of aromatic nitrogens is 1. The highest BCUT2D eigenvalue weighted by molar-refractivity contribution is 14.1. The molecule has 20 heavy (non-hydrogen) atoms. The number of rotatable bonds is 2. The third-order valence-electron chi connectivity index (χ3n) is 4.26. The molecule has 2 aromatic heterocycles. The maximum absolute atomic E-state index is 12.4. The van der Waals surface area contributed by atoms with Crippen molar-refractivity contribution in [2.75, 3.05) is 0 Å². The predicted molar refractivity (Wildman–Crippen MR) is 88.2 cm³/mol. The van der Waals surface area contributed by atoms with Gasteiger partial charge in [0.05, 0.1) is 4.70 Å². The Labute approximate surface area is 134 Å². The molecule has 0 saturated carbocycles. The highest BCUT2D eigenvalue weighted by Crippen LogP contribution is 2.29. The second-order valence-corrected chi connectivity index (χ2v) is 7.59. The van der Waals surface area contributed by atoms with Gasteiger partial charge in [-0.25, -0.2) is 4.98 Å². The molecule has 6 heteroatoms. The van der Waals surface area contributed by atoms with Crippen LogP contribution in [0.15, 0.2) is 17.6 Å². The van der Waals surface area contributed by atoms with Gasteiger partial charge in [-0.05, 0) is 47.9 Å². The normalized spacial score (nSPS) is 28.1. The zero-order valence-electron chi connectivity index (χ0n) is 10.7. The van der Waals surface area contributed by atoms with Crippen molar-refractivity contribution < 1.29 is 4.79 Å². The SMILES string of the molecule is O=C(N[C@@H]1C[C@H]2CC[C@@H]1N2)c1cc2c(I)csc2cn1. The summed E-state index contributed by atoms with van der Waals surface area (Å²) in [5.74, 6) is -0.0479. The van der Waals surface area contributed by atoms with Gasteiger partial charge in [-0.15, -0.1) is 11.3 Å². The highest BCUT2D eigenvalue weighted by Gasteiger charge is 2.39. The van der Waals surface area contributed by atoms with Gasteiger partial charge in [-0.3, -0.25) is 4.79 Å². The van der Waals surface area contributed by atoms with Crippen LogP contribution in [0.2, 0.25) is 0 Å². The Kier molecular flexibility index (Phi) is 3.19. The molecule has 4 nitrogen and oxygen atoms in total. The number of pyridine rings is 1. The van der Waals surface area contributed by atoms with E-state index in [2.05, 4.69) is 43.6 Å². The van der Waals surface area contributed by atoms with Crippen LogP contribution in [0.25, 0.3) is 10.1 Å². The molecule has 104 valence electrons. The summed E-state index contributed by atoms with van der Waals surface area (Å²) in [5, 5.41) is 9.89. The molecule has 0 unspecified atom stereocenters. The van der Waals surface area contributed by atoms with Crippen molar-refractivity contribution in [3.63, 3.8) is 0 Å². The fraction of sp³-hybridized carbons (Fsp3) is 0.429. The summed E-state index contributed by atoms with van der Waals surface area (Å²) in [5.41, 5.74) is 0.525. The Balaban J connectivity index is 1.56. The van der Waals surface area contributed by atoms with E-state index in [9.17, 15) is 4.79 Å². The van der Waals surface area contributed by atoms with Gasteiger partial charge in [0, 0.05) is 38.7 Å². The summed E-state index contributed by atoms with van der Waals surface area (Å²) in [6.07, 6.45) is 5.27. The first-order valence-corrected chi connectivity index (χ1v) is 8.76. The number of hydrogen-bond donors (Lipinski definition) is 2. The smallest absolute Gasteiger partial charge is 0.270 e. The van der Waals surface area contributed by atoms with Crippen molar-refractivity contribution in [2.24, 2.45) is 0 Å². The Hall–Kier alpha value is -0.730. The van der Waals surface area contributed by atoms with E-state index in [1.54, 1.807) is 17.5 Å². The van der Waals surface area contributed by atoms with E-state index in [0.29, 0.717) is 17.8 Å². The van der Waals surface area contributed by atoms with Crippen molar-refractivity contribution in [1.29, 1.82) is 0 Å². The van der Waals surface area contributed by atoms with Crippen LogP contribution in [0, 0.1) is 3.57 Å². The molecule has 2 bridgehead atoms. The van der Waals surface area contributed by atoms with Crippen LogP contribution in [0.3, 0.4) is 0 Å². The largest absolute Gasteiger partial charge is 0.346 e. The maximum Gasteiger partial charge on any atom is 0.270 e. The number of hydrogen-bond acceptors (Lipinski definition) is 4. The van der Waals surface area contributed by atoms with E-state index in [1.165, 1.54) is 16.4 Å². The number of nitrogens with zero attached hydrogens (tertiary/aromatic N) is 1. The molecule has 0 spiro atoms. The summed E-state index contributed by atoms with van der Waals surface area (Å²) in [7, 11) is 0. The fourth-order valence-electron chi connectivity index (χ4n) is 3.25. The number of amides is 1. The van der Waals surface area contributed by atoms with Crippen LogP contribution in [-0.2, 0) is 0 Å². The molecular formula is C14H14IN3OS. The molecule has 4 rings (SSSR count). The molecule has 2 N–H and O–H groups in total. The average Bonchev–Trinajstić information content (AvgIpc) is 3.15. The van der Waals surface area contributed by atoms with Gasteiger partial charge < -0.3 is 10.6 Å². The third-order valence-corrected chi connectivity index (χ3v) is 6.51. The standard InChI is InChI=1S/C14H14IN3OS/c15-9-6-20-13-5-16-12(4-8(9)13)14(19)18-11-3-7-1-2-10(11)17-7/h4-7,10-11,17H,1-3H2,(H,18,19)/t7-,10+,11-/m1/s1. The first-order chi connectivity index (χ1) is 9.70. The summed E-state index contributed by atoms with van der Waals surface area (Å²) in [6, 6.07) is 3.22. The van der Waals surface area contributed by atoms with Gasteiger partial charge in [0.25, 0.3) is 5.91 Å². The second kappa shape index (κ2) is 4.92. The van der Waals surface area contributed by atoms with Gasteiger partial charge in [-0.2, -0.15) is 0 Å². The molecule has 0 aromatic carbocycles. The monoisotopic (exact) mass is 399 g/mol. The molecule has 1 amide bonds. The Bertz CT molecular complexity index is 686. The molecule has 2 aromatic rings. The summed E-state index contributed by atoms with van der Waals surface area (Å²) in [4.78, 5) is 16.7. The van der Waals surface area contributed by atoms with Crippen molar-refractivity contribution in [3.8, 4) is 0 Å². The molecule has 4 heterocycles. The van der Waals surface area contributed by atoms with Crippen LogP contribution in [0.1, 0.15) is 29.8 Å². The van der Waals surface area contributed by atoms with Gasteiger partial charge in [0.1, 0.15) is 5.69 Å². The van der Waals surface area contributed by atoms with Crippen LogP contribution in [0.5, 0.6) is 0 Å². The Morgan fingerprint density at radius 1 is 1.50 bits per heavy atom. The minimum Gasteiger partial charge on any atom is -0.346 e. The molecule has 2 aliphatic rings. The molecule has 3 atom stereocenters. The lowest BCUT2D eigenvalue weighted by Crippen LogP contribution is -2.43. The predicted octanol–water partition coefficient (Wildman–Crippen LogP) is 2.52. The average molecular weight is 399 g/mol. The number of halogens is 1. The van der Waals surface area contributed by atoms with E-state index in [-0.39, 0.29) is 11.9 Å². The zero-order valence-corrected chi connectivity index (χ0v) is 13.7. The molecule has 0 aliphatic carbocycles. The lowest BCUT2D eigenvalue weighted by atomic mass is 9.95. The summed E-state index contributed by atoms with van der Waals surface area (Å²) < 4.78 is 2.31. The third kappa shape index (κ3) is 2.14. The van der Waals surface area contributed by atoms with E-state index in [0.717, 1.165) is 16.5 Å². The molecule has 2 fully saturated rings. The maximum atomic E-state index is 12.4. The highest BCUT2D eigenvalue weighted by atomic mass is 127. The van der Waals surface area contributed by atoms with Gasteiger partial charge in [0.2, 0.25) is 0 Å². The molecule has 2 saturated heterocycles. The number of fused-ring (bicyclic) bond motifs is 3. The van der Waals surface area contributed by atoms with E-state index < -0.39 is 0 Å². The molecule has 0 radical (unpaired) electrons. The molecule has 2 aliphatic heterocycles. The summed E-state index contributed by atoms with van der Waals surface area (Å²) >= 11 is 3.96. The van der Waals surface area contributed by atoms with Crippen molar-refractivity contribution in [2.45, 2.75) is 37.4 Å². The summed E-state index contributed by atoms with van der Waals surface area (Å²) in [6.45, 7) is 0. The first-order valence-electron chi connectivity index (χ1n) is 6.80. The van der Waals surface area contributed by atoms with Crippen LogP contribution < -0.4 is 10.6 Å². The number of thiophene rings is 1. The van der Waals surface area contributed by atoms with Crippen LogP contribution in [-0.4, -0.2) is 29.0 Å². The second-order valence-electron chi connectivity index (χ2n) is 5.51. The minimum absolute atomic E-state index is 0.0479. The van der Waals surface area contributed by atoms with Crippen LogP contribution >= 0.6 is 33.9 Å². The first kappa shape index (κ1) is 13.0. The topological polar surface area (TPSA) is 54.0 Å². The Morgan fingerprint density at radius 3 is 3.15 bits per heavy atom. The van der Waals surface area contributed by atoms with Crippen LogP contribution in [0.4, 0.5) is 0 Å². The van der Waals surface area contributed by atoms with Crippen molar-refractivity contribution in [3.05, 3.63) is 26.9 Å². The number of nitrogens with one attached hydrogen (secondary N) is 2. The van der Waals surface area contributed by atoms with Gasteiger partial charge >= 0.3 is 0 Å². The van der Waals surface area contributed by atoms with E-state index in [1.807, 2.05) is 6.07 Å². The van der Waals surface area contributed by atoms with Gasteiger partial charge in [0.15, 0.2) is 0 Å². The minimum atomic E-state index is -0.0479. The lowest BCUT2D eigenvalue weighted by molar-refractivity contribution is 0.0926. The van der Waals surface area contributed by atoms with E-state index in [4.69, 9.17) is 0 Å². The fourth-order valence-corrected chi connectivity index (χ4v) is 5.03. The number of carbonyl (C=O) groups is 1. The Morgan fingerprint density at radius 2 is 2.40 bits per heavy atom. The van der Waals surface area contributed by atoms with Gasteiger partial charge in [-0.1, -0.05) is 0 Å². The van der Waals surface area contributed by atoms with E-state index >= 15 is 0 Å². The number of carbonyl (C=O) groups excluding carboxylic acids is 1. The lowest BCUT2D eigenvalue weighted by Gasteiger charge is -2.21. The molecular weight excluding hydrogens is 385 g/mol. The quantitative estimate of drug-likeness (QED) is 0.764. The van der Waals surface area contributed by atoms with Crippen molar-refractivity contribution >= 4 is 49.9 Å². The zero-order chi connectivity index (χ0) is 13.7. The van der Waals surface area contributed by atoms with Crippen molar-refractivity contribution in [1.82, 2.24) is 15.6 Å².